The van der Waals surface area contributed by atoms with E-state index in [2.05, 4.69) is 26.2 Å². The highest BCUT2D eigenvalue weighted by molar-refractivity contribution is 7.16. The molecule has 0 unspecified atom stereocenters. The summed E-state index contributed by atoms with van der Waals surface area (Å²) in [5, 5.41) is 25.4. The molecule has 3 aromatic heterocycles. The number of halogens is 1. The third-order valence-electron chi connectivity index (χ3n) is 8.60. The van der Waals surface area contributed by atoms with Gasteiger partial charge >= 0.3 is 6.01 Å². The van der Waals surface area contributed by atoms with Gasteiger partial charge in [-0.25, -0.2) is 4.39 Å². The van der Waals surface area contributed by atoms with E-state index in [1.165, 1.54) is 11.3 Å². The number of ether oxygens (including phenoxy) is 2. The molecule has 0 amide bonds. The fourth-order valence-corrected chi connectivity index (χ4v) is 7.66. The zero-order chi connectivity index (χ0) is 30.5. The predicted octanol–water partition coefficient (Wildman–Crippen LogP) is 2.48. The molecule has 3 N–H and O–H groups in total. The molecule has 13 nitrogen and oxygen atoms in total. The second-order valence-electron chi connectivity index (χ2n) is 12.2. The monoisotopic (exact) mass is 613 g/mol. The van der Waals surface area contributed by atoms with Gasteiger partial charge in [0.1, 0.15) is 28.9 Å². The topological polar surface area (TPSA) is 173 Å². The van der Waals surface area contributed by atoms with Crippen LogP contribution in [0.4, 0.5) is 15.3 Å². The Hall–Kier alpha value is -3.45. The number of hydrogen-bond acceptors (Lipinski definition) is 14. The number of β-amino-alcohol motifs (C(OH)–C–C–N with tert-alkyl or cyclic N) is 1. The third kappa shape index (κ3) is 5.52. The van der Waals surface area contributed by atoms with Crippen molar-refractivity contribution in [3.05, 3.63) is 21.9 Å². The molecule has 3 aromatic rings. The molecule has 0 aromatic carbocycles. The lowest BCUT2D eigenvalue weighted by Crippen LogP contribution is -2.43. The van der Waals surface area contributed by atoms with Crippen molar-refractivity contribution in [1.29, 1.82) is 5.26 Å². The maximum atomic E-state index is 14.7. The summed E-state index contributed by atoms with van der Waals surface area (Å²) < 4.78 is 32.3. The fourth-order valence-electron chi connectivity index (χ4n) is 6.47. The standard InChI is InChI=1S/C28H36FN9O4S/c1-15(20-17(29)7-9-37(20)4)41-26-34-22(33-25(35-26)38-10-11-40-14-27(2,39)13-38)23-32-24(42-36-23)28(3)8-5-6-18-19(28)16(12-30)21(31)43-18/h15,17,20,39H,5-11,13-14,31H2,1-4H3/t15-,17-,20-,27+,28+/m1/s1. The van der Waals surface area contributed by atoms with Gasteiger partial charge in [0.25, 0.3) is 0 Å². The molecule has 0 radical (unpaired) electrons. The van der Waals surface area contributed by atoms with E-state index >= 15 is 0 Å². The Balaban J connectivity index is 1.38. The Morgan fingerprint density at radius 2 is 2.05 bits per heavy atom. The fraction of sp³-hybridized carbons (Fsp3) is 0.643. The molecule has 5 heterocycles. The van der Waals surface area contributed by atoms with Gasteiger partial charge in [0.2, 0.25) is 23.5 Å². The number of nitrogen functional groups attached to an aromatic ring is 1. The number of nitrogens with two attached hydrogens (primary N) is 1. The van der Waals surface area contributed by atoms with Crippen LogP contribution in [0.25, 0.3) is 11.6 Å². The van der Waals surface area contributed by atoms with Crippen LogP contribution in [0.2, 0.25) is 0 Å². The SMILES string of the molecule is C[C@@H](Oc1nc(-c2noc([C@@]3(C)CCCc4sc(N)c(C#N)c43)n2)nc(N2CCOC[C@@](C)(O)C2)n1)[C@@H]1[C@H](F)CCN1C. The number of hydrogen-bond donors (Lipinski definition) is 2. The zero-order valence-corrected chi connectivity index (χ0v) is 25.5. The van der Waals surface area contributed by atoms with Crippen molar-refractivity contribution < 1.29 is 23.5 Å². The highest BCUT2D eigenvalue weighted by Gasteiger charge is 2.43. The van der Waals surface area contributed by atoms with Crippen molar-refractivity contribution in [2.45, 2.75) is 75.8 Å². The molecule has 1 aliphatic carbocycles. The smallest absolute Gasteiger partial charge is 0.322 e. The van der Waals surface area contributed by atoms with Gasteiger partial charge in [0.15, 0.2) is 0 Å². The minimum atomic E-state index is -1.14. The first-order chi connectivity index (χ1) is 20.5. The normalized spacial score (nSPS) is 28.7. The van der Waals surface area contributed by atoms with E-state index in [0.29, 0.717) is 49.0 Å². The molecule has 2 aliphatic heterocycles. The van der Waals surface area contributed by atoms with E-state index in [4.69, 9.17) is 24.7 Å². The van der Waals surface area contributed by atoms with Crippen LogP contribution in [0.15, 0.2) is 4.52 Å². The molecule has 230 valence electrons. The van der Waals surface area contributed by atoms with Crippen molar-refractivity contribution in [1.82, 2.24) is 30.0 Å². The van der Waals surface area contributed by atoms with E-state index < -0.39 is 29.3 Å². The number of rotatable bonds is 6. The highest BCUT2D eigenvalue weighted by Crippen LogP contribution is 2.48. The lowest BCUT2D eigenvalue weighted by Gasteiger charge is -2.30. The van der Waals surface area contributed by atoms with Crippen LogP contribution in [0.1, 0.15) is 61.9 Å². The number of anilines is 2. The Morgan fingerprint density at radius 3 is 2.79 bits per heavy atom. The maximum absolute atomic E-state index is 14.7. The lowest BCUT2D eigenvalue weighted by molar-refractivity contribution is -0.0123. The van der Waals surface area contributed by atoms with E-state index in [1.54, 1.807) is 18.7 Å². The van der Waals surface area contributed by atoms with Gasteiger partial charge in [-0.05, 0) is 53.5 Å². The average molecular weight is 614 g/mol. The van der Waals surface area contributed by atoms with Gasteiger partial charge in [-0.3, -0.25) is 4.90 Å². The molecule has 0 saturated carbocycles. The van der Waals surface area contributed by atoms with Crippen molar-refractivity contribution in [2.75, 3.05) is 50.5 Å². The molecule has 6 rings (SSSR count). The second kappa shape index (κ2) is 11.2. The summed E-state index contributed by atoms with van der Waals surface area (Å²) in [4.78, 5) is 23.2. The molecule has 15 heteroatoms. The first-order valence-corrected chi connectivity index (χ1v) is 15.3. The van der Waals surface area contributed by atoms with Crippen molar-refractivity contribution >= 4 is 22.3 Å². The predicted molar refractivity (Wildman–Crippen MR) is 156 cm³/mol. The van der Waals surface area contributed by atoms with E-state index in [1.807, 2.05) is 18.9 Å². The van der Waals surface area contributed by atoms with Gasteiger partial charge in [-0.2, -0.15) is 25.2 Å². The van der Waals surface area contributed by atoms with Crippen LogP contribution in [-0.4, -0.2) is 98.9 Å². The summed E-state index contributed by atoms with van der Waals surface area (Å²) in [5.74, 6) is 0.790. The summed E-state index contributed by atoms with van der Waals surface area (Å²) in [5.41, 5.74) is 5.62. The molecular weight excluding hydrogens is 577 g/mol. The first kappa shape index (κ1) is 29.6. The molecule has 43 heavy (non-hydrogen) atoms. The van der Waals surface area contributed by atoms with Crippen LogP contribution in [0.3, 0.4) is 0 Å². The minimum absolute atomic E-state index is 0.0142. The largest absolute Gasteiger partial charge is 0.459 e. The van der Waals surface area contributed by atoms with Gasteiger partial charge in [-0.15, -0.1) is 11.3 Å². The summed E-state index contributed by atoms with van der Waals surface area (Å²) in [6.45, 7) is 7.24. The summed E-state index contributed by atoms with van der Waals surface area (Å²) in [6.07, 6.45) is 1.24. The van der Waals surface area contributed by atoms with Crippen LogP contribution < -0.4 is 15.4 Å². The average Bonchev–Trinajstić information content (AvgIpc) is 3.64. The van der Waals surface area contributed by atoms with Crippen LogP contribution in [-0.2, 0) is 16.6 Å². The Morgan fingerprint density at radius 1 is 1.23 bits per heavy atom. The first-order valence-electron chi connectivity index (χ1n) is 14.5. The van der Waals surface area contributed by atoms with Gasteiger partial charge in [0.05, 0.1) is 36.8 Å². The van der Waals surface area contributed by atoms with Crippen LogP contribution >= 0.6 is 11.3 Å². The van der Waals surface area contributed by atoms with E-state index in [9.17, 15) is 14.8 Å². The second-order valence-corrected chi connectivity index (χ2v) is 13.3. The van der Waals surface area contributed by atoms with Crippen molar-refractivity contribution in [2.24, 2.45) is 0 Å². The number of alkyl halides is 1. The Bertz CT molecular complexity index is 1530. The van der Waals surface area contributed by atoms with Crippen molar-refractivity contribution in [3.8, 4) is 23.7 Å². The number of aromatic nitrogens is 5. The van der Waals surface area contributed by atoms with Crippen LogP contribution in [0.5, 0.6) is 6.01 Å². The number of aliphatic hydroxyl groups is 1. The molecule has 2 saturated heterocycles. The Kier molecular flexibility index (Phi) is 7.74. The number of aryl methyl sites for hydroxylation is 1. The minimum Gasteiger partial charge on any atom is -0.459 e. The summed E-state index contributed by atoms with van der Waals surface area (Å²) in [7, 11) is 1.87. The van der Waals surface area contributed by atoms with E-state index in [-0.39, 0.29) is 36.8 Å². The Labute approximate surface area is 252 Å². The number of nitrogens with zero attached hydrogens (tertiary/aromatic N) is 8. The van der Waals surface area contributed by atoms with Crippen molar-refractivity contribution in [3.63, 3.8) is 0 Å². The quantitative estimate of drug-likeness (QED) is 0.416. The molecule has 3 aliphatic rings. The third-order valence-corrected chi connectivity index (χ3v) is 9.67. The maximum Gasteiger partial charge on any atom is 0.322 e. The van der Waals surface area contributed by atoms with Crippen LogP contribution in [0, 0.1) is 11.3 Å². The van der Waals surface area contributed by atoms with Gasteiger partial charge in [0, 0.05) is 23.5 Å². The summed E-state index contributed by atoms with van der Waals surface area (Å²) in [6, 6.07) is 1.79. The molecule has 5 atom stereocenters. The number of fused-ring (bicyclic) bond motifs is 1. The number of likely N-dealkylation sites (tertiary alicyclic amines) is 1. The molecule has 2 fully saturated rings. The number of thiophene rings is 1. The lowest BCUT2D eigenvalue weighted by atomic mass is 9.72. The molecule has 0 spiro atoms. The van der Waals surface area contributed by atoms with Gasteiger partial charge < -0.3 is 29.7 Å². The highest BCUT2D eigenvalue weighted by atomic mass is 32.1. The number of nitriles is 1. The number of likely N-dealkylation sites (N-methyl/N-ethyl adjacent to an activating group) is 1. The zero-order valence-electron chi connectivity index (χ0n) is 24.7. The summed E-state index contributed by atoms with van der Waals surface area (Å²) >= 11 is 1.43. The van der Waals surface area contributed by atoms with Gasteiger partial charge in [-0.1, -0.05) is 5.16 Å². The molecule has 0 bridgehead atoms. The van der Waals surface area contributed by atoms with E-state index in [0.717, 1.165) is 23.3 Å². The molecular formula is C28H36FN9O4S.